The van der Waals surface area contributed by atoms with Gasteiger partial charge >= 0.3 is 7.82 Å². The van der Waals surface area contributed by atoms with E-state index in [0.717, 1.165) is 51.4 Å². The summed E-state index contributed by atoms with van der Waals surface area (Å²) in [7, 11) is -4.65. The van der Waals surface area contributed by atoms with Crippen LogP contribution in [0.25, 0.3) is 0 Å². The van der Waals surface area contributed by atoms with E-state index in [1.54, 1.807) is 0 Å². The maximum absolute atomic E-state index is 12.7. The lowest BCUT2D eigenvalue weighted by atomic mass is 10.0. The molecule has 4 aliphatic rings. The fraction of sp³-hybridized carbons (Fsp3) is 0.333. The molecule has 154 valence electrons. The highest BCUT2D eigenvalue weighted by Crippen LogP contribution is 2.38. The van der Waals surface area contributed by atoms with Gasteiger partial charge in [0.05, 0.1) is 5.70 Å². The second kappa shape index (κ2) is 7.29. The number of Topliss-reactive ketones (excluding diaryl/α,β-unsaturated/α-hetero) is 1. The summed E-state index contributed by atoms with van der Waals surface area (Å²) in [6, 6.07) is 4.98. The quantitative estimate of drug-likeness (QED) is 0.397. The number of phosphoric ester groups is 1. The maximum Gasteiger partial charge on any atom is 0.524 e. The van der Waals surface area contributed by atoms with Gasteiger partial charge in [-0.2, -0.15) is 0 Å². The van der Waals surface area contributed by atoms with E-state index in [4.69, 9.17) is 9.79 Å². The predicted molar refractivity (Wildman–Crippen MR) is 98.9 cm³/mol. The molecule has 9 nitrogen and oxygen atoms in total. The lowest BCUT2D eigenvalue weighted by Gasteiger charge is -2.21. The van der Waals surface area contributed by atoms with Crippen LogP contribution in [0.3, 0.4) is 0 Å². The van der Waals surface area contributed by atoms with Crippen LogP contribution < -0.4 is 4.52 Å². The molecule has 3 aliphatic heterocycles. The summed E-state index contributed by atoms with van der Waals surface area (Å²) in [6.07, 6.45) is 1.52. The number of benzene rings is 1. The molecule has 1 aliphatic carbocycles. The van der Waals surface area contributed by atoms with Gasteiger partial charge in [-0.05, 0) is 12.1 Å². The number of hydrogen-bond donors (Lipinski definition) is 2. The second-order valence-corrected chi connectivity index (χ2v) is 8.06. The third-order valence-corrected chi connectivity index (χ3v) is 4.98. The molecule has 3 saturated heterocycles. The molecule has 3 fully saturated rings. The van der Waals surface area contributed by atoms with Crippen molar-refractivity contribution in [2.75, 3.05) is 39.3 Å². The van der Waals surface area contributed by atoms with Gasteiger partial charge in [0.1, 0.15) is 11.4 Å². The molecule has 0 radical (unpaired) electrons. The number of phosphoric acid groups is 1. The van der Waals surface area contributed by atoms with Gasteiger partial charge < -0.3 is 19.2 Å². The monoisotopic (exact) mass is 423 g/mol. The highest BCUT2D eigenvalue weighted by Gasteiger charge is 2.43. The van der Waals surface area contributed by atoms with Crippen LogP contribution in [0.15, 0.2) is 47.4 Å². The molecule has 0 bridgehead atoms. The molecule has 11 heteroatoms. The summed E-state index contributed by atoms with van der Waals surface area (Å²) in [5, 5.41) is 0. The fourth-order valence-corrected chi connectivity index (χ4v) is 3.33. The van der Waals surface area contributed by atoms with Crippen molar-refractivity contribution in [3.63, 3.8) is 0 Å². The summed E-state index contributed by atoms with van der Waals surface area (Å²) >= 11 is 0. The van der Waals surface area contributed by atoms with E-state index in [1.807, 2.05) is 14.7 Å². The standard InChI is InChI=1S/C12H13N3O2.C6H6FO4P/c16-9-7-8(13-1-2-13)12(17)11(15-5-6-15)10(9)14-3-4-14;7-5-3-1-2-4-6(5)11-12(8,9)10/h7H,1-6H2;1-4H,(H2,8,9,10). The zero-order valence-electron chi connectivity index (χ0n) is 15.3. The smallest absolute Gasteiger partial charge is 0.401 e. The molecule has 0 saturated carbocycles. The highest BCUT2D eigenvalue weighted by atomic mass is 31.2. The molecule has 0 spiro atoms. The lowest BCUT2D eigenvalue weighted by molar-refractivity contribution is -0.117. The minimum absolute atomic E-state index is 0.00546. The number of carbonyl (C=O) groups excluding carboxylic acids is 2. The first-order valence-corrected chi connectivity index (χ1v) is 10.6. The van der Waals surface area contributed by atoms with Crippen molar-refractivity contribution in [3.05, 3.63) is 53.2 Å². The Kier molecular flexibility index (Phi) is 4.94. The number of ketones is 2. The van der Waals surface area contributed by atoms with Crippen LogP contribution in [0.5, 0.6) is 5.75 Å². The van der Waals surface area contributed by atoms with Crippen LogP contribution in [0.1, 0.15) is 0 Å². The number of halogens is 1. The summed E-state index contributed by atoms with van der Waals surface area (Å²) in [5.74, 6) is -1.21. The van der Waals surface area contributed by atoms with E-state index in [9.17, 15) is 18.5 Å². The Balaban J connectivity index is 0.000000152. The van der Waals surface area contributed by atoms with Crippen molar-refractivity contribution in [2.24, 2.45) is 0 Å². The van der Waals surface area contributed by atoms with Gasteiger partial charge in [0.2, 0.25) is 11.6 Å². The molecule has 29 heavy (non-hydrogen) atoms. The van der Waals surface area contributed by atoms with Crippen molar-refractivity contribution in [1.29, 1.82) is 0 Å². The number of para-hydroxylation sites is 1. The third kappa shape index (κ3) is 4.67. The van der Waals surface area contributed by atoms with Crippen molar-refractivity contribution in [3.8, 4) is 5.75 Å². The van der Waals surface area contributed by atoms with Gasteiger partial charge in [-0.15, -0.1) is 0 Å². The average Bonchev–Trinajstić information content (AvgIpc) is 3.49. The summed E-state index contributed by atoms with van der Waals surface area (Å²) < 4.78 is 26.9. The molecule has 0 atom stereocenters. The number of nitrogens with zero attached hydrogens (tertiary/aromatic N) is 3. The normalized spacial score (nSPS) is 20.2. The molecular weight excluding hydrogens is 404 g/mol. The zero-order valence-corrected chi connectivity index (χ0v) is 16.2. The Morgan fingerprint density at radius 3 is 1.97 bits per heavy atom. The molecule has 1 aromatic carbocycles. The van der Waals surface area contributed by atoms with E-state index >= 15 is 0 Å². The van der Waals surface area contributed by atoms with E-state index in [-0.39, 0.29) is 11.6 Å². The van der Waals surface area contributed by atoms with E-state index < -0.39 is 19.4 Å². The second-order valence-electron chi connectivity index (χ2n) is 6.89. The summed E-state index contributed by atoms with van der Waals surface area (Å²) in [6.45, 7) is 5.41. The molecule has 1 aromatic rings. The predicted octanol–water partition coefficient (Wildman–Crippen LogP) is 0.478. The first-order chi connectivity index (χ1) is 13.7. The number of allylic oxidation sites excluding steroid dienone is 1. The largest absolute Gasteiger partial charge is 0.524 e. The van der Waals surface area contributed by atoms with Crippen LogP contribution in [0, 0.1) is 5.82 Å². The van der Waals surface area contributed by atoms with E-state index in [1.165, 1.54) is 18.2 Å². The Bertz CT molecular complexity index is 976. The Labute approximate surface area is 165 Å². The highest BCUT2D eigenvalue weighted by molar-refractivity contribution is 7.46. The number of carbonyl (C=O) groups is 2. The third-order valence-electron chi connectivity index (χ3n) is 4.54. The first-order valence-electron chi connectivity index (χ1n) is 9.04. The lowest BCUT2D eigenvalue weighted by Crippen LogP contribution is -2.29. The minimum Gasteiger partial charge on any atom is -0.401 e. The van der Waals surface area contributed by atoms with Crippen molar-refractivity contribution in [1.82, 2.24) is 14.7 Å². The van der Waals surface area contributed by atoms with E-state index in [0.29, 0.717) is 17.1 Å². The molecule has 0 amide bonds. The van der Waals surface area contributed by atoms with Crippen LogP contribution in [0.2, 0.25) is 0 Å². The molecular formula is C18H19FN3O6P. The topological polar surface area (TPSA) is 110 Å². The van der Waals surface area contributed by atoms with Crippen LogP contribution in [-0.4, -0.2) is 75.3 Å². The molecule has 0 aromatic heterocycles. The zero-order chi connectivity index (χ0) is 20.8. The average molecular weight is 423 g/mol. The van der Waals surface area contributed by atoms with Gasteiger partial charge in [0.15, 0.2) is 11.6 Å². The maximum atomic E-state index is 12.7. The molecule has 0 unspecified atom stereocenters. The van der Waals surface area contributed by atoms with Gasteiger partial charge in [-0.3, -0.25) is 19.4 Å². The molecule has 3 heterocycles. The Morgan fingerprint density at radius 1 is 0.897 bits per heavy atom. The van der Waals surface area contributed by atoms with Crippen LogP contribution >= 0.6 is 7.82 Å². The summed E-state index contributed by atoms with van der Waals surface area (Å²) in [5.41, 5.74) is 1.89. The van der Waals surface area contributed by atoms with Crippen molar-refractivity contribution in [2.45, 2.75) is 0 Å². The first kappa shape index (κ1) is 19.6. The number of hydrogen-bond acceptors (Lipinski definition) is 7. The van der Waals surface area contributed by atoms with Gasteiger partial charge in [-0.1, -0.05) is 12.1 Å². The summed E-state index contributed by atoms with van der Waals surface area (Å²) in [4.78, 5) is 47.1. The van der Waals surface area contributed by atoms with Crippen LogP contribution in [-0.2, 0) is 14.2 Å². The fourth-order valence-electron chi connectivity index (χ4n) is 2.92. The van der Waals surface area contributed by atoms with E-state index in [2.05, 4.69) is 4.52 Å². The SMILES string of the molecule is O=C1C=C(N2CC2)C(=O)C(N2CC2)=C1N1CC1.O=P(O)(O)Oc1ccccc1F. The van der Waals surface area contributed by atoms with Crippen LogP contribution in [0.4, 0.5) is 4.39 Å². The van der Waals surface area contributed by atoms with Crippen molar-refractivity contribution >= 4 is 19.4 Å². The molecule has 2 N–H and O–H groups in total. The van der Waals surface area contributed by atoms with Gasteiger partial charge in [-0.25, -0.2) is 8.96 Å². The minimum atomic E-state index is -4.65. The molecule has 5 rings (SSSR count). The van der Waals surface area contributed by atoms with Crippen molar-refractivity contribution < 1.29 is 32.9 Å². The Morgan fingerprint density at radius 2 is 1.45 bits per heavy atom. The van der Waals surface area contributed by atoms with Gasteiger partial charge in [0, 0.05) is 45.3 Å². The van der Waals surface area contributed by atoms with Gasteiger partial charge in [0.25, 0.3) is 0 Å². The number of rotatable bonds is 5. The Hall–Kier alpha value is -2.68.